The van der Waals surface area contributed by atoms with E-state index in [4.69, 9.17) is 4.74 Å². The zero-order valence-corrected chi connectivity index (χ0v) is 16.5. The molecule has 1 N–H and O–H groups in total. The second-order valence-electron chi connectivity index (χ2n) is 7.75. The van der Waals surface area contributed by atoms with Crippen LogP contribution in [0.15, 0.2) is 29.2 Å². The number of nitrogens with one attached hydrogen (secondary N) is 1. The van der Waals surface area contributed by atoms with Gasteiger partial charge < -0.3 is 4.74 Å². The molecule has 0 aromatic heterocycles. The molecule has 3 saturated heterocycles. The number of benzene rings is 1. The number of sulfonamides is 2. The first-order chi connectivity index (χ1) is 12.1. The largest absolute Gasteiger partial charge is 0.370 e. The van der Waals surface area contributed by atoms with Crippen LogP contribution in [0.5, 0.6) is 0 Å². The van der Waals surface area contributed by atoms with Gasteiger partial charge in [0.1, 0.15) is 0 Å². The molecule has 3 fully saturated rings. The smallest absolute Gasteiger partial charge is 0.240 e. The second-order valence-corrected chi connectivity index (χ2v) is 11.5. The summed E-state index contributed by atoms with van der Waals surface area (Å²) >= 11 is 0. The Kier molecular flexibility index (Phi) is 4.24. The minimum absolute atomic E-state index is 0.00225. The van der Waals surface area contributed by atoms with Crippen LogP contribution >= 0.6 is 0 Å². The lowest BCUT2D eigenvalue weighted by molar-refractivity contribution is 0.00807. The van der Waals surface area contributed by atoms with Gasteiger partial charge in [-0.05, 0) is 31.9 Å². The van der Waals surface area contributed by atoms with Crippen LogP contribution in [-0.4, -0.2) is 58.7 Å². The Hall–Kier alpha value is -1.00. The van der Waals surface area contributed by atoms with Crippen molar-refractivity contribution in [2.75, 3.05) is 25.9 Å². The SMILES string of the molecule is Cc1ccc(S(=O)(=O)NC[C@H]2[C@H]3CN(S(C)(=O)=O)C[C@]34CC[C@H]2O4)cc1. The van der Waals surface area contributed by atoms with Gasteiger partial charge in [-0.2, -0.15) is 4.31 Å². The average Bonchev–Trinajstić information content (AvgIpc) is 3.21. The zero-order chi connectivity index (χ0) is 18.7. The van der Waals surface area contributed by atoms with E-state index in [2.05, 4.69) is 4.72 Å². The predicted molar refractivity (Wildman–Crippen MR) is 96.6 cm³/mol. The molecule has 9 heteroatoms. The van der Waals surface area contributed by atoms with Gasteiger partial charge in [0, 0.05) is 31.5 Å². The molecule has 144 valence electrons. The summed E-state index contributed by atoms with van der Waals surface area (Å²) in [6.07, 6.45) is 2.91. The zero-order valence-electron chi connectivity index (χ0n) is 14.9. The first kappa shape index (κ1) is 18.4. The summed E-state index contributed by atoms with van der Waals surface area (Å²) < 4.78 is 59.3. The normalized spacial score (nSPS) is 34.3. The molecule has 7 nitrogen and oxygen atoms in total. The van der Waals surface area contributed by atoms with E-state index in [1.54, 1.807) is 24.3 Å². The van der Waals surface area contributed by atoms with E-state index in [9.17, 15) is 16.8 Å². The number of rotatable bonds is 5. The highest BCUT2D eigenvalue weighted by Gasteiger charge is 2.63. The van der Waals surface area contributed by atoms with Crippen LogP contribution in [0.4, 0.5) is 0 Å². The Bertz CT molecular complexity index is 913. The molecule has 3 heterocycles. The molecule has 26 heavy (non-hydrogen) atoms. The fourth-order valence-corrected chi connectivity index (χ4v) is 6.64. The molecule has 3 aliphatic heterocycles. The molecule has 4 rings (SSSR count). The maximum atomic E-state index is 12.6. The van der Waals surface area contributed by atoms with Crippen molar-refractivity contribution in [3.05, 3.63) is 29.8 Å². The van der Waals surface area contributed by atoms with Crippen LogP contribution in [0.25, 0.3) is 0 Å². The fraction of sp³-hybridized carbons (Fsp3) is 0.647. The van der Waals surface area contributed by atoms with Gasteiger partial charge in [0.25, 0.3) is 0 Å². The lowest BCUT2D eigenvalue weighted by Crippen LogP contribution is -2.41. The molecule has 0 radical (unpaired) electrons. The molecule has 2 bridgehead atoms. The molecule has 4 atom stereocenters. The van der Waals surface area contributed by atoms with Crippen molar-refractivity contribution in [3.63, 3.8) is 0 Å². The lowest BCUT2D eigenvalue weighted by atomic mass is 9.74. The number of fused-ring (bicyclic) bond motifs is 1. The van der Waals surface area contributed by atoms with Crippen molar-refractivity contribution >= 4 is 20.0 Å². The van der Waals surface area contributed by atoms with Gasteiger partial charge in [-0.15, -0.1) is 0 Å². The minimum Gasteiger partial charge on any atom is -0.370 e. The van der Waals surface area contributed by atoms with Crippen LogP contribution in [0, 0.1) is 18.8 Å². The number of hydrogen-bond donors (Lipinski definition) is 1. The summed E-state index contributed by atoms with van der Waals surface area (Å²) in [5.74, 6) is 0.0346. The van der Waals surface area contributed by atoms with Crippen molar-refractivity contribution < 1.29 is 21.6 Å². The lowest BCUT2D eigenvalue weighted by Gasteiger charge is -2.29. The van der Waals surface area contributed by atoms with Gasteiger partial charge in [0.2, 0.25) is 20.0 Å². The quantitative estimate of drug-likeness (QED) is 0.786. The highest BCUT2D eigenvalue weighted by Crippen LogP contribution is 2.55. The molecule has 3 aliphatic rings. The van der Waals surface area contributed by atoms with Crippen molar-refractivity contribution in [3.8, 4) is 0 Å². The summed E-state index contributed by atoms with van der Waals surface area (Å²) in [6, 6.07) is 6.73. The highest BCUT2D eigenvalue weighted by molar-refractivity contribution is 7.89. The number of aryl methyl sites for hydroxylation is 1. The average molecular weight is 401 g/mol. The topological polar surface area (TPSA) is 92.8 Å². The van der Waals surface area contributed by atoms with Gasteiger partial charge in [0.05, 0.1) is 22.9 Å². The number of ether oxygens (including phenoxy) is 1. The van der Waals surface area contributed by atoms with Crippen molar-refractivity contribution in [1.29, 1.82) is 0 Å². The Morgan fingerprint density at radius 3 is 2.58 bits per heavy atom. The standard InChI is InChI=1S/C17H24N2O5S2/c1-12-3-5-13(6-4-12)26(22,23)18-9-14-15-10-19(25(2,20)21)11-17(15)8-7-16(14)24-17/h3-6,14-16,18H,7-11H2,1-2H3/t14-,15+,16+,17+/m0/s1. The molecule has 1 spiro atoms. The minimum atomic E-state index is -3.59. The summed E-state index contributed by atoms with van der Waals surface area (Å²) in [5, 5.41) is 0. The first-order valence-corrected chi connectivity index (χ1v) is 12.1. The van der Waals surface area contributed by atoms with Gasteiger partial charge in [-0.3, -0.25) is 0 Å². The van der Waals surface area contributed by atoms with E-state index in [1.807, 2.05) is 6.92 Å². The molecule has 0 amide bonds. The molecular formula is C17H24N2O5S2. The third-order valence-electron chi connectivity index (χ3n) is 6.06. The maximum Gasteiger partial charge on any atom is 0.240 e. The van der Waals surface area contributed by atoms with Gasteiger partial charge >= 0.3 is 0 Å². The number of hydrogen-bond acceptors (Lipinski definition) is 5. The summed E-state index contributed by atoms with van der Waals surface area (Å²) in [7, 11) is -6.87. The molecule has 0 aliphatic carbocycles. The van der Waals surface area contributed by atoms with E-state index >= 15 is 0 Å². The monoisotopic (exact) mass is 400 g/mol. The van der Waals surface area contributed by atoms with Crippen molar-refractivity contribution in [1.82, 2.24) is 9.03 Å². The first-order valence-electron chi connectivity index (χ1n) is 8.80. The van der Waals surface area contributed by atoms with Crippen LogP contribution in [0.1, 0.15) is 18.4 Å². The van der Waals surface area contributed by atoms with Gasteiger partial charge in [0.15, 0.2) is 0 Å². The Labute approximate surface area is 154 Å². The summed E-state index contributed by atoms with van der Waals surface area (Å²) in [5.41, 5.74) is 0.562. The third kappa shape index (κ3) is 2.99. The van der Waals surface area contributed by atoms with E-state index < -0.39 is 25.6 Å². The van der Waals surface area contributed by atoms with Crippen molar-refractivity contribution in [2.24, 2.45) is 11.8 Å². The third-order valence-corrected chi connectivity index (χ3v) is 8.72. The maximum absolute atomic E-state index is 12.6. The second kappa shape index (κ2) is 6.00. The van der Waals surface area contributed by atoms with Crippen LogP contribution in [0.3, 0.4) is 0 Å². The van der Waals surface area contributed by atoms with Crippen LogP contribution in [-0.2, 0) is 24.8 Å². The van der Waals surface area contributed by atoms with E-state index in [-0.39, 0.29) is 29.4 Å². The Morgan fingerprint density at radius 2 is 1.92 bits per heavy atom. The van der Waals surface area contributed by atoms with Crippen LogP contribution in [0.2, 0.25) is 0 Å². The van der Waals surface area contributed by atoms with E-state index in [0.717, 1.165) is 18.4 Å². The molecule has 0 saturated carbocycles. The molecular weight excluding hydrogens is 376 g/mol. The van der Waals surface area contributed by atoms with Crippen molar-refractivity contribution in [2.45, 2.75) is 36.4 Å². The van der Waals surface area contributed by atoms with E-state index in [0.29, 0.717) is 13.1 Å². The summed E-state index contributed by atoms with van der Waals surface area (Å²) in [4.78, 5) is 0.242. The molecule has 0 unspecified atom stereocenters. The van der Waals surface area contributed by atoms with Gasteiger partial charge in [-0.25, -0.2) is 21.6 Å². The predicted octanol–water partition coefficient (Wildman–Crippen LogP) is 0.712. The number of nitrogens with zero attached hydrogens (tertiary/aromatic N) is 1. The summed E-state index contributed by atoms with van der Waals surface area (Å²) in [6.45, 7) is 2.97. The van der Waals surface area contributed by atoms with Crippen LogP contribution < -0.4 is 4.72 Å². The fourth-order valence-electron chi connectivity index (χ4n) is 4.68. The molecule has 1 aromatic carbocycles. The Morgan fingerprint density at radius 1 is 1.23 bits per heavy atom. The van der Waals surface area contributed by atoms with E-state index in [1.165, 1.54) is 10.6 Å². The van der Waals surface area contributed by atoms with Gasteiger partial charge in [-0.1, -0.05) is 17.7 Å². The Balaban J connectivity index is 1.50. The highest BCUT2D eigenvalue weighted by atomic mass is 32.2. The molecule has 1 aromatic rings.